The molecule has 0 aliphatic carbocycles. The van der Waals surface area contributed by atoms with E-state index in [1.807, 2.05) is 0 Å². The molecule has 1 N–H and O–H groups in total. The molecule has 2 atom stereocenters. The van der Waals surface area contributed by atoms with Gasteiger partial charge in [-0.2, -0.15) is 4.80 Å². The standard InChI is InChI=1S/C31H32ClFN6O5/c1-42-26-14-11-21(16-27(26)43-2)30-35-37-39(36-30)19-28(40)38(18-22-6-3-4-8-25(22)32)29(20-9-12-23(33)13-10-20)31(41)34-17-24-7-5-15-44-24/h3-4,6,8-14,16,24,29H,5,7,15,17-19H2,1-2H3,(H,34,41). The Bertz CT molecular complexity index is 1590. The number of carbonyl (C=O) groups excluding carboxylic acids is 2. The molecule has 3 aromatic carbocycles. The predicted molar refractivity (Wildman–Crippen MR) is 159 cm³/mol. The quantitative estimate of drug-likeness (QED) is 0.249. The number of ether oxygens (including phenoxy) is 3. The first-order chi connectivity index (χ1) is 21.4. The van der Waals surface area contributed by atoms with Gasteiger partial charge in [-0.1, -0.05) is 41.9 Å². The number of nitrogens with one attached hydrogen (secondary N) is 1. The Hall–Kier alpha value is -4.55. The highest BCUT2D eigenvalue weighted by Gasteiger charge is 2.33. The van der Waals surface area contributed by atoms with Gasteiger partial charge >= 0.3 is 0 Å². The van der Waals surface area contributed by atoms with Crippen molar-refractivity contribution in [2.24, 2.45) is 0 Å². The van der Waals surface area contributed by atoms with E-state index in [0.29, 0.717) is 39.8 Å². The number of hydrogen-bond acceptors (Lipinski definition) is 8. The Balaban J connectivity index is 1.45. The minimum absolute atomic E-state index is 0.00880. The highest BCUT2D eigenvalue weighted by atomic mass is 35.5. The number of hydrogen-bond donors (Lipinski definition) is 1. The molecule has 1 aromatic heterocycles. The van der Waals surface area contributed by atoms with Crippen LogP contribution in [0.2, 0.25) is 5.02 Å². The van der Waals surface area contributed by atoms with Gasteiger partial charge in [0.1, 0.15) is 18.4 Å². The second kappa shape index (κ2) is 14.3. The van der Waals surface area contributed by atoms with Crippen molar-refractivity contribution >= 4 is 23.4 Å². The fourth-order valence-corrected chi connectivity index (χ4v) is 5.18. The topological polar surface area (TPSA) is 121 Å². The Kier molecular flexibility index (Phi) is 10.0. The zero-order valence-electron chi connectivity index (χ0n) is 24.3. The van der Waals surface area contributed by atoms with Gasteiger partial charge in [0.05, 0.1) is 20.3 Å². The molecule has 0 bridgehead atoms. The van der Waals surface area contributed by atoms with E-state index in [1.54, 1.807) is 42.5 Å². The third-order valence-corrected chi connectivity index (χ3v) is 7.63. The number of nitrogens with zero attached hydrogens (tertiary/aromatic N) is 5. The highest BCUT2D eigenvalue weighted by Crippen LogP contribution is 2.31. The first-order valence-electron chi connectivity index (χ1n) is 14.0. The van der Waals surface area contributed by atoms with Gasteiger partial charge in [-0.05, 0) is 65.6 Å². The summed E-state index contributed by atoms with van der Waals surface area (Å²) in [5.41, 5.74) is 1.65. The first kappa shape index (κ1) is 30.9. The van der Waals surface area contributed by atoms with E-state index in [2.05, 4.69) is 20.7 Å². The lowest BCUT2D eigenvalue weighted by Crippen LogP contribution is -2.46. The van der Waals surface area contributed by atoms with Crippen LogP contribution in [0.5, 0.6) is 11.5 Å². The fourth-order valence-electron chi connectivity index (χ4n) is 4.98. The molecule has 230 valence electrons. The van der Waals surface area contributed by atoms with E-state index < -0.39 is 23.7 Å². The summed E-state index contributed by atoms with van der Waals surface area (Å²) >= 11 is 6.49. The minimum atomic E-state index is -1.12. The van der Waals surface area contributed by atoms with Gasteiger partial charge in [-0.3, -0.25) is 9.59 Å². The zero-order valence-corrected chi connectivity index (χ0v) is 25.0. The van der Waals surface area contributed by atoms with Crippen LogP contribution in [0.1, 0.15) is 30.0 Å². The molecule has 13 heteroatoms. The summed E-state index contributed by atoms with van der Waals surface area (Å²) in [5, 5.41) is 15.9. The molecule has 1 saturated heterocycles. The van der Waals surface area contributed by atoms with Gasteiger partial charge in [-0.25, -0.2) is 4.39 Å². The van der Waals surface area contributed by atoms with Crippen LogP contribution in [0, 0.1) is 5.82 Å². The second-order valence-electron chi connectivity index (χ2n) is 10.2. The van der Waals surface area contributed by atoms with Crippen molar-refractivity contribution in [1.82, 2.24) is 30.4 Å². The van der Waals surface area contributed by atoms with E-state index in [-0.39, 0.29) is 31.6 Å². The third kappa shape index (κ3) is 7.32. The fraction of sp³-hybridized carbons (Fsp3) is 0.323. The van der Waals surface area contributed by atoms with Crippen molar-refractivity contribution in [2.45, 2.75) is 38.1 Å². The lowest BCUT2D eigenvalue weighted by Gasteiger charge is -2.32. The van der Waals surface area contributed by atoms with Crippen molar-refractivity contribution in [1.29, 1.82) is 0 Å². The number of methoxy groups -OCH3 is 2. The number of carbonyl (C=O) groups is 2. The summed E-state index contributed by atoms with van der Waals surface area (Å²) in [7, 11) is 3.06. The van der Waals surface area contributed by atoms with Gasteiger partial charge in [0.25, 0.3) is 0 Å². The van der Waals surface area contributed by atoms with Crippen LogP contribution >= 0.6 is 11.6 Å². The van der Waals surface area contributed by atoms with Crippen LogP contribution in [0.15, 0.2) is 66.7 Å². The lowest BCUT2D eigenvalue weighted by molar-refractivity contribution is -0.142. The molecule has 2 amide bonds. The van der Waals surface area contributed by atoms with E-state index in [4.69, 9.17) is 25.8 Å². The summed E-state index contributed by atoms with van der Waals surface area (Å²) < 4.78 is 30.3. The van der Waals surface area contributed by atoms with Gasteiger partial charge < -0.3 is 24.4 Å². The normalized spacial score (nSPS) is 15.0. The Morgan fingerprint density at radius 3 is 2.59 bits per heavy atom. The largest absolute Gasteiger partial charge is 0.493 e. The summed E-state index contributed by atoms with van der Waals surface area (Å²) in [4.78, 5) is 30.4. The molecule has 5 rings (SSSR count). The van der Waals surface area contributed by atoms with Crippen LogP contribution in [-0.4, -0.2) is 70.4 Å². The van der Waals surface area contributed by atoms with Crippen molar-refractivity contribution < 1.29 is 28.2 Å². The number of rotatable bonds is 12. The molecule has 11 nitrogen and oxygen atoms in total. The van der Waals surface area contributed by atoms with Crippen LogP contribution < -0.4 is 14.8 Å². The first-order valence-corrected chi connectivity index (χ1v) is 14.4. The van der Waals surface area contributed by atoms with E-state index in [0.717, 1.165) is 17.6 Å². The van der Waals surface area contributed by atoms with E-state index in [1.165, 1.54) is 43.4 Å². The lowest BCUT2D eigenvalue weighted by atomic mass is 10.0. The molecule has 44 heavy (non-hydrogen) atoms. The summed E-state index contributed by atoms with van der Waals surface area (Å²) in [6.45, 7) is 0.575. The monoisotopic (exact) mass is 622 g/mol. The third-order valence-electron chi connectivity index (χ3n) is 7.26. The van der Waals surface area contributed by atoms with Crippen molar-refractivity contribution in [2.75, 3.05) is 27.4 Å². The van der Waals surface area contributed by atoms with E-state index in [9.17, 15) is 14.0 Å². The molecule has 2 heterocycles. The summed E-state index contributed by atoms with van der Waals surface area (Å²) in [6, 6.07) is 16.6. The Morgan fingerprint density at radius 1 is 1.11 bits per heavy atom. The summed E-state index contributed by atoms with van der Waals surface area (Å²) in [6.07, 6.45) is 1.62. The molecule has 1 fully saturated rings. The maximum atomic E-state index is 14.0. The smallest absolute Gasteiger partial charge is 0.247 e. The SMILES string of the molecule is COc1ccc(-c2nnn(CC(=O)N(Cc3ccccc3Cl)C(C(=O)NCC3CCCO3)c3ccc(F)cc3)n2)cc1OC. The van der Waals surface area contributed by atoms with Gasteiger partial charge in [0.15, 0.2) is 11.5 Å². The van der Waals surface area contributed by atoms with Crippen molar-refractivity contribution in [3.63, 3.8) is 0 Å². The van der Waals surface area contributed by atoms with Crippen LogP contribution in [0.25, 0.3) is 11.4 Å². The second-order valence-corrected chi connectivity index (χ2v) is 10.6. The zero-order chi connectivity index (χ0) is 31.1. The number of amides is 2. The molecule has 1 aliphatic rings. The Morgan fingerprint density at radius 2 is 1.89 bits per heavy atom. The molecular formula is C31H32ClFN6O5. The Labute approximate surface area is 258 Å². The molecular weight excluding hydrogens is 591 g/mol. The molecule has 4 aromatic rings. The number of aromatic nitrogens is 4. The minimum Gasteiger partial charge on any atom is -0.493 e. The average Bonchev–Trinajstić information content (AvgIpc) is 3.74. The van der Waals surface area contributed by atoms with Gasteiger partial charge in [0.2, 0.25) is 17.6 Å². The van der Waals surface area contributed by atoms with E-state index >= 15 is 0 Å². The van der Waals surface area contributed by atoms with Crippen molar-refractivity contribution in [3.05, 3.63) is 88.7 Å². The average molecular weight is 623 g/mol. The van der Waals surface area contributed by atoms with Crippen LogP contribution in [0.4, 0.5) is 4.39 Å². The maximum absolute atomic E-state index is 14.0. The van der Waals surface area contributed by atoms with Crippen molar-refractivity contribution in [3.8, 4) is 22.9 Å². The van der Waals surface area contributed by atoms with Crippen LogP contribution in [0.3, 0.4) is 0 Å². The molecule has 0 saturated carbocycles. The molecule has 0 radical (unpaired) electrons. The van der Waals surface area contributed by atoms with Gasteiger partial charge in [0, 0.05) is 30.3 Å². The number of halogens is 2. The molecule has 2 unspecified atom stereocenters. The summed E-state index contributed by atoms with van der Waals surface area (Å²) in [5.74, 6) is -0.0995. The van der Waals surface area contributed by atoms with Crippen LogP contribution in [-0.2, 0) is 27.4 Å². The molecule has 0 spiro atoms. The number of tetrazole rings is 1. The predicted octanol–water partition coefficient (Wildman–Crippen LogP) is 4.22. The van der Waals surface area contributed by atoms with Gasteiger partial charge in [-0.15, -0.1) is 10.2 Å². The number of benzene rings is 3. The highest BCUT2D eigenvalue weighted by molar-refractivity contribution is 6.31. The maximum Gasteiger partial charge on any atom is 0.247 e. The molecule has 1 aliphatic heterocycles.